The van der Waals surface area contributed by atoms with Crippen LogP contribution in [0.15, 0.2) is 67.3 Å². The number of halogens is 3. The van der Waals surface area contributed by atoms with E-state index in [-0.39, 0.29) is 12.1 Å². The van der Waals surface area contributed by atoms with E-state index in [1.165, 1.54) is 12.1 Å². The van der Waals surface area contributed by atoms with Crippen molar-refractivity contribution in [2.45, 2.75) is 19.3 Å². The molecule has 0 radical (unpaired) electrons. The summed E-state index contributed by atoms with van der Waals surface area (Å²) in [4.78, 5) is 8.90. The average molecular weight is 331 g/mol. The van der Waals surface area contributed by atoms with Gasteiger partial charge >= 0.3 is 6.18 Å². The van der Waals surface area contributed by atoms with Crippen LogP contribution in [-0.4, -0.2) is 9.97 Å². The van der Waals surface area contributed by atoms with E-state index in [0.29, 0.717) is 6.54 Å². The molecular formula is C18H16F3N3. The first-order valence-electron chi connectivity index (χ1n) is 7.46. The first-order valence-corrected chi connectivity index (χ1v) is 7.46. The number of nitrogens with one attached hydrogen (secondary N) is 1. The standard InChI is InChI=1S/C18H16F3N3/c19-18(20,21)17-6-2-1-5-15(17)13-24(16-7-9-23-11-16)12-14-4-3-8-22-10-14/h1-11,23H,12-13H2. The van der Waals surface area contributed by atoms with Gasteiger partial charge in [-0.2, -0.15) is 13.2 Å². The van der Waals surface area contributed by atoms with Crippen LogP contribution in [0.25, 0.3) is 0 Å². The van der Waals surface area contributed by atoms with Crippen molar-refractivity contribution < 1.29 is 13.2 Å². The van der Waals surface area contributed by atoms with Gasteiger partial charge in [0.15, 0.2) is 0 Å². The molecule has 0 bridgehead atoms. The zero-order valence-electron chi connectivity index (χ0n) is 12.8. The Morgan fingerprint density at radius 3 is 2.50 bits per heavy atom. The van der Waals surface area contributed by atoms with Crippen LogP contribution in [0, 0.1) is 0 Å². The van der Waals surface area contributed by atoms with Crippen LogP contribution >= 0.6 is 0 Å². The second-order valence-corrected chi connectivity index (χ2v) is 5.44. The second-order valence-electron chi connectivity index (χ2n) is 5.44. The minimum atomic E-state index is -4.37. The predicted octanol–water partition coefficient (Wildman–Crippen LogP) is 4.64. The van der Waals surface area contributed by atoms with Gasteiger partial charge < -0.3 is 9.88 Å². The fraction of sp³-hybridized carbons (Fsp3) is 0.167. The highest BCUT2D eigenvalue weighted by Crippen LogP contribution is 2.33. The highest BCUT2D eigenvalue weighted by molar-refractivity contribution is 5.46. The Morgan fingerprint density at radius 2 is 1.83 bits per heavy atom. The minimum Gasteiger partial charge on any atom is -0.366 e. The maximum atomic E-state index is 13.2. The van der Waals surface area contributed by atoms with E-state index in [4.69, 9.17) is 0 Å². The Labute approximate surface area is 137 Å². The van der Waals surface area contributed by atoms with Crippen molar-refractivity contribution in [1.29, 1.82) is 0 Å². The molecule has 3 nitrogen and oxygen atoms in total. The summed E-state index contributed by atoms with van der Waals surface area (Å²) in [5.41, 5.74) is 1.41. The van der Waals surface area contributed by atoms with E-state index in [9.17, 15) is 13.2 Å². The van der Waals surface area contributed by atoms with Crippen LogP contribution < -0.4 is 4.90 Å². The second kappa shape index (κ2) is 6.78. The van der Waals surface area contributed by atoms with Crippen molar-refractivity contribution in [2.24, 2.45) is 0 Å². The van der Waals surface area contributed by atoms with E-state index in [0.717, 1.165) is 17.3 Å². The van der Waals surface area contributed by atoms with E-state index >= 15 is 0 Å². The van der Waals surface area contributed by atoms with Gasteiger partial charge in [-0.3, -0.25) is 4.98 Å². The molecule has 0 fully saturated rings. The summed E-state index contributed by atoms with van der Waals surface area (Å²) in [6, 6.07) is 11.2. The molecule has 124 valence electrons. The van der Waals surface area contributed by atoms with Crippen LogP contribution in [0.1, 0.15) is 16.7 Å². The minimum absolute atomic E-state index is 0.155. The maximum absolute atomic E-state index is 13.2. The molecule has 1 aromatic carbocycles. The van der Waals surface area contributed by atoms with E-state index in [2.05, 4.69) is 9.97 Å². The van der Waals surface area contributed by atoms with Crippen molar-refractivity contribution in [3.8, 4) is 0 Å². The molecule has 0 amide bonds. The first kappa shape index (κ1) is 16.1. The number of hydrogen-bond acceptors (Lipinski definition) is 2. The molecule has 24 heavy (non-hydrogen) atoms. The van der Waals surface area contributed by atoms with Gasteiger partial charge in [0, 0.05) is 37.9 Å². The van der Waals surface area contributed by atoms with Gasteiger partial charge in [0.2, 0.25) is 0 Å². The number of aromatic nitrogens is 2. The Kier molecular flexibility index (Phi) is 4.55. The number of H-pyrrole nitrogens is 1. The summed E-state index contributed by atoms with van der Waals surface area (Å²) in [5.74, 6) is 0. The van der Waals surface area contributed by atoms with Gasteiger partial charge in [0.05, 0.1) is 11.3 Å². The van der Waals surface area contributed by atoms with Crippen LogP contribution in [0.4, 0.5) is 18.9 Å². The molecule has 1 N–H and O–H groups in total. The van der Waals surface area contributed by atoms with Crippen molar-refractivity contribution in [3.63, 3.8) is 0 Å². The van der Waals surface area contributed by atoms with Crippen molar-refractivity contribution in [3.05, 3.63) is 83.9 Å². The third-order valence-electron chi connectivity index (χ3n) is 3.73. The van der Waals surface area contributed by atoms with Gasteiger partial charge in [0.1, 0.15) is 0 Å². The Bertz CT molecular complexity index is 768. The topological polar surface area (TPSA) is 31.9 Å². The maximum Gasteiger partial charge on any atom is 0.416 e. The van der Waals surface area contributed by atoms with Gasteiger partial charge in [-0.1, -0.05) is 24.3 Å². The molecule has 0 aliphatic carbocycles. The highest BCUT2D eigenvalue weighted by Gasteiger charge is 2.33. The Morgan fingerprint density at radius 1 is 1.00 bits per heavy atom. The number of nitrogens with zero attached hydrogens (tertiary/aromatic N) is 2. The lowest BCUT2D eigenvalue weighted by molar-refractivity contribution is -0.138. The quantitative estimate of drug-likeness (QED) is 0.739. The van der Waals surface area contributed by atoms with Gasteiger partial charge in [-0.05, 0) is 29.3 Å². The number of alkyl halides is 3. The number of hydrogen-bond donors (Lipinski definition) is 1. The van der Waals surface area contributed by atoms with Gasteiger partial charge in [-0.25, -0.2) is 0 Å². The smallest absolute Gasteiger partial charge is 0.366 e. The fourth-order valence-electron chi connectivity index (χ4n) is 2.60. The number of benzene rings is 1. The predicted molar refractivity (Wildman–Crippen MR) is 86.4 cm³/mol. The van der Waals surface area contributed by atoms with E-state index < -0.39 is 11.7 Å². The number of anilines is 1. The van der Waals surface area contributed by atoms with Crippen molar-refractivity contribution in [1.82, 2.24) is 9.97 Å². The van der Waals surface area contributed by atoms with Crippen LogP contribution in [0.3, 0.4) is 0 Å². The summed E-state index contributed by atoms with van der Waals surface area (Å²) < 4.78 is 39.7. The fourth-order valence-corrected chi connectivity index (χ4v) is 2.60. The number of pyridine rings is 1. The van der Waals surface area contributed by atoms with Crippen LogP contribution in [-0.2, 0) is 19.3 Å². The molecular weight excluding hydrogens is 315 g/mol. The monoisotopic (exact) mass is 331 g/mol. The normalized spacial score (nSPS) is 11.5. The molecule has 0 aliphatic rings. The molecule has 3 aromatic rings. The summed E-state index contributed by atoms with van der Waals surface area (Å²) >= 11 is 0. The van der Waals surface area contributed by atoms with Gasteiger partial charge in [-0.15, -0.1) is 0 Å². The lowest BCUT2D eigenvalue weighted by Crippen LogP contribution is -2.23. The molecule has 0 spiro atoms. The largest absolute Gasteiger partial charge is 0.416 e. The van der Waals surface area contributed by atoms with Crippen LogP contribution in [0.5, 0.6) is 0 Å². The molecule has 6 heteroatoms. The summed E-state index contributed by atoms with van der Waals surface area (Å²) in [6.07, 6.45) is 2.54. The SMILES string of the molecule is FC(F)(F)c1ccccc1CN(Cc1cccnc1)c1cc[nH]c1. The molecule has 0 saturated carbocycles. The lowest BCUT2D eigenvalue weighted by Gasteiger charge is -2.25. The third-order valence-corrected chi connectivity index (χ3v) is 3.73. The number of rotatable bonds is 5. The summed E-state index contributed by atoms with van der Waals surface area (Å²) in [5, 5.41) is 0. The molecule has 0 atom stereocenters. The van der Waals surface area contributed by atoms with Gasteiger partial charge in [0.25, 0.3) is 0 Å². The average Bonchev–Trinajstić information content (AvgIpc) is 3.09. The third kappa shape index (κ3) is 3.76. The summed E-state index contributed by atoms with van der Waals surface area (Å²) in [7, 11) is 0. The molecule has 2 aromatic heterocycles. The van der Waals surface area contributed by atoms with E-state index in [1.54, 1.807) is 30.9 Å². The zero-order chi connectivity index (χ0) is 17.0. The highest BCUT2D eigenvalue weighted by atomic mass is 19.4. The molecule has 2 heterocycles. The lowest BCUT2D eigenvalue weighted by atomic mass is 10.1. The molecule has 0 aliphatic heterocycles. The summed E-state index contributed by atoms with van der Waals surface area (Å²) in [6.45, 7) is 0.625. The Hall–Kier alpha value is -2.76. The molecule has 0 unspecified atom stereocenters. The van der Waals surface area contributed by atoms with Crippen molar-refractivity contribution >= 4 is 5.69 Å². The zero-order valence-corrected chi connectivity index (χ0v) is 12.8. The molecule has 0 saturated heterocycles. The Balaban J connectivity index is 1.91. The number of aromatic amines is 1. The first-order chi connectivity index (χ1) is 11.5. The van der Waals surface area contributed by atoms with Crippen molar-refractivity contribution in [2.75, 3.05) is 4.90 Å². The van der Waals surface area contributed by atoms with Crippen LogP contribution in [0.2, 0.25) is 0 Å². The van der Waals surface area contributed by atoms with E-state index in [1.807, 2.05) is 23.1 Å². The molecule has 3 rings (SSSR count).